The summed E-state index contributed by atoms with van der Waals surface area (Å²) >= 11 is 7.79. The Morgan fingerprint density at radius 3 is 2.71 bits per heavy atom. The number of aromatic nitrogens is 1. The minimum Gasteiger partial charge on any atom is -0.495 e. The highest BCUT2D eigenvalue weighted by molar-refractivity contribution is 7.20. The normalized spacial score (nSPS) is 11.4. The summed E-state index contributed by atoms with van der Waals surface area (Å²) in [7, 11) is 1.58. The van der Waals surface area contributed by atoms with Crippen molar-refractivity contribution >= 4 is 50.0 Å². The van der Waals surface area contributed by atoms with E-state index in [1.165, 1.54) is 16.9 Å². The van der Waals surface area contributed by atoms with Crippen LogP contribution < -0.4 is 10.1 Å². The zero-order chi connectivity index (χ0) is 21.8. The van der Waals surface area contributed by atoms with Crippen molar-refractivity contribution in [1.82, 2.24) is 15.2 Å². The Balaban J connectivity index is 1.43. The second-order valence-corrected chi connectivity index (χ2v) is 8.67. The predicted octanol–water partition coefficient (Wildman–Crippen LogP) is 5.36. The summed E-state index contributed by atoms with van der Waals surface area (Å²) in [6.07, 6.45) is 0. The molecule has 1 N–H and O–H groups in total. The maximum atomic E-state index is 12.7. The Morgan fingerprint density at radius 1 is 1.16 bits per heavy atom. The van der Waals surface area contributed by atoms with Gasteiger partial charge in [-0.15, -0.1) is 11.3 Å². The summed E-state index contributed by atoms with van der Waals surface area (Å²) in [6.45, 7) is 5.31. The number of likely N-dealkylation sites (N-methyl/N-ethyl adjacent to an activating group) is 1. The quantitative estimate of drug-likeness (QED) is 0.390. The summed E-state index contributed by atoms with van der Waals surface area (Å²) in [5.74, 6) is 0.512. The van der Waals surface area contributed by atoms with Crippen LogP contribution in [0.4, 0.5) is 0 Å². The number of halogens is 1. The number of hydrogen-bond donors (Lipinski definition) is 1. The second kappa shape index (κ2) is 9.64. The Bertz CT molecular complexity index is 1210. The lowest BCUT2D eigenvalue weighted by molar-refractivity contribution is 0.0952. The molecule has 4 aromatic rings. The van der Waals surface area contributed by atoms with Gasteiger partial charge >= 0.3 is 0 Å². The van der Waals surface area contributed by atoms with Crippen LogP contribution in [0.2, 0.25) is 5.02 Å². The average molecular weight is 454 g/mol. The van der Waals surface area contributed by atoms with Crippen molar-refractivity contribution in [1.29, 1.82) is 0 Å². The van der Waals surface area contributed by atoms with Crippen LogP contribution in [0, 0.1) is 0 Å². The van der Waals surface area contributed by atoms with Crippen molar-refractivity contribution < 1.29 is 9.53 Å². The number of nitrogens with one attached hydrogen (secondary N) is 1. The zero-order valence-electron chi connectivity index (χ0n) is 17.5. The van der Waals surface area contributed by atoms with Gasteiger partial charge in [-0.05, 0) is 36.4 Å². The highest BCUT2D eigenvalue weighted by Gasteiger charge is 2.14. The Labute approximate surface area is 190 Å². The van der Waals surface area contributed by atoms with E-state index in [-0.39, 0.29) is 5.91 Å². The van der Waals surface area contributed by atoms with E-state index < -0.39 is 0 Å². The van der Waals surface area contributed by atoms with Crippen LogP contribution in [0.15, 0.2) is 54.6 Å². The van der Waals surface area contributed by atoms with Gasteiger partial charge in [-0.2, -0.15) is 0 Å². The fourth-order valence-corrected chi connectivity index (χ4v) is 4.74. The van der Waals surface area contributed by atoms with E-state index >= 15 is 0 Å². The smallest absolute Gasteiger partial charge is 0.261 e. The van der Waals surface area contributed by atoms with Gasteiger partial charge in [0.1, 0.15) is 15.6 Å². The minimum atomic E-state index is -0.0773. The van der Waals surface area contributed by atoms with Crippen LogP contribution in [0.1, 0.15) is 22.2 Å². The summed E-state index contributed by atoms with van der Waals surface area (Å²) in [6, 6.07) is 18.0. The molecule has 0 aliphatic heterocycles. The van der Waals surface area contributed by atoms with E-state index in [2.05, 4.69) is 34.3 Å². The molecule has 2 aromatic carbocycles. The summed E-state index contributed by atoms with van der Waals surface area (Å²) in [4.78, 5) is 21.1. The SMILES string of the molecule is CCN(CCNC(=O)c1cc2cc3ccc(OC)c(Cl)c3nc2s1)Cc1ccccc1. The molecule has 5 nitrogen and oxygen atoms in total. The molecule has 0 unspecified atom stereocenters. The number of rotatable bonds is 8. The van der Waals surface area contributed by atoms with Crippen molar-refractivity contribution in [2.75, 3.05) is 26.7 Å². The minimum absolute atomic E-state index is 0.0773. The molecule has 0 aliphatic carbocycles. The number of pyridine rings is 1. The topological polar surface area (TPSA) is 54.5 Å². The third-order valence-electron chi connectivity index (χ3n) is 5.23. The average Bonchev–Trinajstić information content (AvgIpc) is 3.21. The van der Waals surface area contributed by atoms with Crippen LogP contribution in [-0.2, 0) is 6.54 Å². The molecule has 160 valence electrons. The van der Waals surface area contributed by atoms with Crippen molar-refractivity contribution in [3.8, 4) is 5.75 Å². The van der Waals surface area contributed by atoms with E-state index in [1.807, 2.05) is 42.5 Å². The van der Waals surface area contributed by atoms with Gasteiger partial charge in [0.15, 0.2) is 0 Å². The molecule has 0 bridgehead atoms. The maximum absolute atomic E-state index is 12.7. The number of benzene rings is 2. The van der Waals surface area contributed by atoms with Gasteiger partial charge in [-0.25, -0.2) is 4.98 Å². The number of thiophene rings is 1. The molecule has 0 radical (unpaired) electrons. The van der Waals surface area contributed by atoms with Crippen molar-refractivity contribution in [3.05, 3.63) is 70.1 Å². The van der Waals surface area contributed by atoms with Crippen molar-refractivity contribution in [3.63, 3.8) is 0 Å². The Hall–Kier alpha value is -2.67. The summed E-state index contributed by atoms with van der Waals surface area (Å²) < 4.78 is 5.28. The van der Waals surface area contributed by atoms with Gasteiger partial charge in [0.05, 0.1) is 17.5 Å². The number of ether oxygens (including phenoxy) is 1. The van der Waals surface area contributed by atoms with Gasteiger partial charge < -0.3 is 10.1 Å². The van der Waals surface area contributed by atoms with E-state index in [9.17, 15) is 4.79 Å². The van der Waals surface area contributed by atoms with E-state index in [0.29, 0.717) is 27.7 Å². The molecule has 0 fully saturated rings. The monoisotopic (exact) mass is 453 g/mol. The third-order valence-corrected chi connectivity index (χ3v) is 6.64. The molecule has 2 aromatic heterocycles. The van der Waals surface area contributed by atoms with E-state index in [1.54, 1.807) is 7.11 Å². The molecule has 7 heteroatoms. The molecule has 0 atom stereocenters. The Kier molecular flexibility index (Phi) is 6.70. The second-order valence-electron chi connectivity index (χ2n) is 7.26. The van der Waals surface area contributed by atoms with E-state index in [4.69, 9.17) is 16.3 Å². The van der Waals surface area contributed by atoms with E-state index in [0.717, 1.165) is 35.2 Å². The first-order valence-corrected chi connectivity index (χ1v) is 11.4. The van der Waals surface area contributed by atoms with Gasteiger partial charge in [-0.3, -0.25) is 9.69 Å². The molecular weight excluding hydrogens is 430 g/mol. The van der Waals surface area contributed by atoms with Crippen LogP contribution in [0.25, 0.3) is 21.1 Å². The lowest BCUT2D eigenvalue weighted by Crippen LogP contribution is -2.34. The molecule has 0 aliphatic rings. The molecular formula is C24H24ClN3O2S. The van der Waals surface area contributed by atoms with Crippen molar-refractivity contribution in [2.24, 2.45) is 0 Å². The molecule has 1 amide bonds. The fourth-order valence-electron chi connectivity index (χ4n) is 3.52. The molecule has 0 spiro atoms. The summed E-state index contributed by atoms with van der Waals surface area (Å²) in [5.41, 5.74) is 1.95. The first-order chi connectivity index (χ1) is 15.1. The van der Waals surface area contributed by atoms with Crippen LogP contribution in [0.5, 0.6) is 5.75 Å². The zero-order valence-corrected chi connectivity index (χ0v) is 19.1. The maximum Gasteiger partial charge on any atom is 0.261 e. The highest BCUT2D eigenvalue weighted by Crippen LogP contribution is 2.35. The summed E-state index contributed by atoms with van der Waals surface area (Å²) in [5, 5.41) is 5.38. The largest absolute Gasteiger partial charge is 0.495 e. The van der Waals surface area contributed by atoms with Crippen LogP contribution in [-0.4, -0.2) is 42.5 Å². The number of methoxy groups -OCH3 is 1. The first-order valence-electron chi connectivity index (χ1n) is 10.2. The molecule has 4 rings (SSSR count). The van der Waals surface area contributed by atoms with Gasteiger partial charge in [0.25, 0.3) is 5.91 Å². The highest BCUT2D eigenvalue weighted by atomic mass is 35.5. The lowest BCUT2D eigenvalue weighted by Gasteiger charge is -2.20. The van der Waals surface area contributed by atoms with Gasteiger partial charge in [-0.1, -0.05) is 48.9 Å². The molecule has 0 saturated heterocycles. The third kappa shape index (κ3) is 4.82. The number of amides is 1. The van der Waals surface area contributed by atoms with Crippen molar-refractivity contribution in [2.45, 2.75) is 13.5 Å². The number of hydrogen-bond acceptors (Lipinski definition) is 5. The number of carbonyl (C=O) groups excluding carboxylic acids is 1. The number of carbonyl (C=O) groups is 1. The predicted molar refractivity (Wildman–Crippen MR) is 128 cm³/mol. The van der Waals surface area contributed by atoms with Crippen LogP contribution in [0.3, 0.4) is 0 Å². The van der Waals surface area contributed by atoms with Gasteiger partial charge in [0, 0.05) is 30.4 Å². The molecule has 31 heavy (non-hydrogen) atoms. The number of fused-ring (bicyclic) bond motifs is 2. The molecule has 0 saturated carbocycles. The first kappa shape index (κ1) is 21.6. The number of nitrogens with zero attached hydrogens (tertiary/aromatic N) is 2. The standard InChI is InChI=1S/C24H24ClN3O2S/c1-3-28(15-16-7-5-4-6-8-16)12-11-26-23(29)20-14-18-13-17-9-10-19(30-2)21(25)22(17)27-24(18)31-20/h4-10,13-14H,3,11-12,15H2,1-2H3,(H,26,29). The van der Waals surface area contributed by atoms with Crippen LogP contribution >= 0.6 is 22.9 Å². The van der Waals surface area contributed by atoms with Gasteiger partial charge in [0.2, 0.25) is 0 Å². The lowest BCUT2D eigenvalue weighted by atomic mass is 10.2. The Morgan fingerprint density at radius 2 is 1.97 bits per heavy atom. The molecule has 2 heterocycles. The fraction of sp³-hybridized carbons (Fsp3) is 0.250.